The van der Waals surface area contributed by atoms with E-state index in [1.165, 1.54) is 7.11 Å². The Morgan fingerprint density at radius 2 is 2.43 bits per heavy atom. The molecule has 0 radical (unpaired) electrons. The second kappa shape index (κ2) is 3.38. The Bertz CT molecular complexity index is 323. The summed E-state index contributed by atoms with van der Waals surface area (Å²) in [7, 11) is 1.34. The van der Waals surface area contributed by atoms with Gasteiger partial charge in [0.1, 0.15) is 6.10 Å². The number of fused-ring (bicyclic) bond motifs is 2. The van der Waals surface area contributed by atoms with E-state index in [0.29, 0.717) is 6.42 Å². The molecule has 0 saturated carbocycles. The molecule has 2 aliphatic heterocycles. The van der Waals surface area contributed by atoms with Crippen molar-refractivity contribution >= 4 is 27.9 Å². The fourth-order valence-corrected chi connectivity index (χ4v) is 2.45. The maximum Gasteiger partial charge on any atom is 0.314 e. The molecule has 0 N–H and O–H groups in total. The van der Waals surface area contributed by atoms with E-state index < -0.39 is 6.10 Å². The molecular formula is C9H9BrO4. The number of carbonyl (C=O) groups is 2. The van der Waals surface area contributed by atoms with Crippen LogP contribution in [0.25, 0.3) is 0 Å². The highest BCUT2D eigenvalue weighted by atomic mass is 79.9. The first kappa shape index (κ1) is 9.71. The van der Waals surface area contributed by atoms with Gasteiger partial charge in [0.25, 0.3) is 0 Å². The lowest BCUT2D eigenvalue weighted by molar-refractivity contribution is -0.170. The molecular weight excluding hydrogens is 252 g/mol. The zero-order chi connectivity index (χ0) is 10.3. The van der Waals surface area contributed by atoms with E-state index in [9.17, 15) is 9.59 Å². The lowest BCUT2D eigenvalue weighted by Crippen LogP contribution is -2.45. The fraction of sp³-hybridized carbons (Fsp3) is 0.556. The van der Waals surface area contributed by atoms with Crippen LogP contribution in [0.4, 0.5) is 0 Å². The van der Waals surface area contributed by atoms with Gasteiger partial charge in [0.2, 0.25) is 0 Å². The maximum absolute atomic E-state index is 11.3. The van der Waals surface area contributed by atoms with E-state index >= 15 is 0 Å². The summed E-state index contributed by atoms with van der Waals surface area (Å²) in [6, 6.07) is 0. The molecule has 2 heterocycles. The van der Waals surface area contributed by atoms with E-state index in [4.69, 9.17) is 4.74 Å². The largest absolute Gasteiger partial charge is 0.469 e. The average Bonchev–Trinajstić information content (AvgIpc) is 2.16. The highest BCUT2D eigenvalue weighted by Gasteiger charge is 2.46. The van der Waals surface area contributed by atoms with Gasteiger partial charge in [0.15, 0.2) is 0 Å². The Balaban J connectivity index is 2.24. The first-order valence-electron chi connectivity index (χ1n) is 4.29. The molecule has 1 saturated heterocycles. The molecule has 0 unspecified atom stereocenters. The summed E-state index contributed by atoms with van der Waals surface area (Å²) < 4.78 is 10.5. The third-order valence-corrected chi connectivity index (χ3v) is 3.40. The maximum atomic E-state index is 11.3. The number of rotatable bonds is 1. The van der Waals surface area contributed by atoms with E-state index in [-0.39, 0.29) is 23.8 Å². The van der Waals surface area contributed by atoms with Gasteiger partial charge in [-0.3, -0.25) is 9.59 Å². The lowest BCUT2D eigenvalue weighted by atomic mass is 9.82. The fourth-order valence-electron chi connectivity index (χ4n) is 1.81. The number of hydrogen-bond acceptors (Lipinski definition) is 4. The summed E-state index contributed by atoms with van der Waals surface area (Å²) in [5, 5.41) is 0. The lowest BCUT2D eigenvalue weighted by Gasteiger charge is -2.36. The zero-order valence-corrected chi connectivity index (χ0v) is 9.11. The third kappa shape index (κ3) is 1.35. The highest BCUT2D eigenvalue weighted by Crippen LogP contribution is 2.40. The highest BCUT2D eigenvalue weighted by molar-refractivity contribution is 9.11. The molecule has 0 amide bonds. The second-order valence-electron chi connectivity index (χ2n) is 3.37. The van der Waals surface area contributed by atoms with Crippen LogP contribution in [0.2, 0.25) is 0 Å². The molecule has 1 aliphatic carbocycles. The minimum atomic E-state index is -0.464. The molecule has 2 bridgehead atoms. The van der Waals surface area contributed by atoms with Gasteiger partial charge in [-0.25, -0.2) is 0 Å². The summed E-state index contributed by atoms with van der Waals surface area (Å²) in [5.41, 5.74) is 0. The summed E-state index contributed by atoms with van der Waals surface area (Å²) in [5.74, 6) is -1.25. The minimum Gasteiger partial charge on any atom is -0.469 e. The van der Waals surface area contributed by atoms with E-state index in [0.717, 1.165) is 4.48 Å². The smallest absolute Gasteiger partial charge is 0.314 e. The van der Waals surface area contributed by atoms with Crippen molar-refractivity contribution in [2.24, 2.45) is 11.8 Å². The molecule has 0 spiro atoms. The van der Waals surface area contributed by atoms with Crippen molar-refractivity contribution < 1.29 is 19.1 Å². The van der Waals surface area contributed by atoms with Gasteiger partial charge >= 0.3 is 11.9 Å². The number of esters is 2. The second-order valence-corrected chi connectivity index (χ2v) is 4.29. The zero-order valence-electron chi connectivity index (χ0n) is 7.53. The molecule has 0 aromatic rings. The van der Waals surface area contributed by atoms with Crippen LogP contribution in [0, 0.1) is 11.8 Å². The van der Waals surface area contributed by atoms with Crippen LogP contribution < -0.4 is 0 Å². The topological polar surface area (TPSA) is 52.6 Å². The first-order chi connectivity index (χ1) is 6.63. The van der Waals surface area contributed by atoms with Crippen LogP contribution >= 0.6 is 15.9 Å². The van der Waals surface area contributed by atoms with Crippen LogP contribution in [0.1, 0.15) is 6.42 Å². The predicted octanol–water partition coefficient (Wildman–Crippen LogP) is 1.000. The molecule has 1 fully saturated rings. The number of carbonyl (C=O) groups excluding carboxylic acids is 2. The van der Waals surface area contributed by atoms with Crippen molar-refractivity contribution in [3.8, 4) is 0 Å². The summed E-state index contributed by atoms with van der Waals surface area (Å²) in [4.78, 5) is 22.6. The van der Waals surface area contributed by atoms with Crippen LogP contribution in [0.5, 0.6) is 0 Å². The number of ether oxygens (including phenoxy) is 2. The molecule has 3 rings (SSSR count). The van der Waals surface area contributed by atoms with E-state index in [2.05, 4.69) is 20.7 Å². The van der Waals surface area contributed by atoms with Crippen molar-refractivity contribution in [2.75, 3.05) is 7.11 Å². The first-order valence-corrected chi connectivity index (χ1v) is 5.08. The average molecular weight is 261 g/mol. The van der Waals surface area contributed by atoms with Gasteiger partial charge in [-0.2, -0.15) is 0 Å². The Morgan fingerprint density at radius 3 is 2.93 bits per heavy atom. The van der Waals surface area contributed by atoms with Crippen LogP contribution in [0.3, 0.4) is 0 Å². The Kier molecular flexibility index (Phi) is 2.34. The summed E-state index contributed by atoms with van der Waals surface area (Å²) in [6.07, 6.45) is 1.78. The monoisotopic (exact) mass is 260 g/mol. The van der Waals surface area contributed by atoms with E-state index in [1.807, 2.05) is 0 Å². The van der Waals surface area contributed by atoms with Gasteiger partial charge < -0.3 is 9.47 Å². The van der Waals surface area contributed by atoms with Crippen molar-refractivity contribution in [2.45, 2.75) is 12.5 Å². The van der Waals surface area contributed by atoms with Crippen LogP contribution in [-0.4, -0.2) is 25.2 Å². The van der Waals surface area contributed by atoms with Gasteiger partial charge in [0, 0.05) is 4.48 Å². The molecule has 4 nitrogen and oxygen atoms in total. The molecule has 14 heavy (non-hydrogen) atoms. The predicted molar refractivity (Wildman–Crippen MR) is 50.5 cm³/mol. The normalized spacial score (nSPS) is 34.9. The number of methoxy groups -OCH3 is 1. The molecule has 3 aliphatic rings. The van der Waals surface area contributed by atoms with Crippen molar-refractivity contribution in [1.82, 2.24) is 0 Å². The quantitative estimate of drug-likeness (QED) is 0.661. The van der Waals surface area contributed by atoms with Gasteiger partial charge in [-0.1, -0.05) is 15.9 Å². The van der Waals surface area contributed by atoms with Crippen LogP contribution in [-0.2, 0) is 19.1 Å². The summed E-state index contributed by atoms with van der Waals surface area (Å²) in [6.45, 7) is 0. The molecule has 5 heteroatoms. The van der Waals surface area contributed by atoms with E-state index in [1.54, 1.807) is 6.08 Å². The third-order valence-electron chi connectivity index (χ3n) is 2.58. The standard InChI is InChI=1S/C9H9BrO4/c1-13-8(11)5-2-4-6(10)3-7(5)14-9(4)12/h3-5,7H,2H2,1H3/t4-,5-,7-/m1/s1. The molecule has 76 valence electrons. The minimum absolute atomic E-state index is 0.260. The van der Waals surface area contributed by atoms with Crippen molar-refractivity contribution in [1.29, 1.82) is 0 Å². The Labute approximate surface area is 89.4 Å². The van der Waals surface area contributed by atoms with Crippen molar-refractivity contribution in [3.63, 3.8) is 0 Å². The van der Waals surface area contributed by atoms with Crippen molar-refractivity contribution in [3.05, 3.63) is 10.6 Å². The SMILES string of the molecule is COC(=O)[C@@H]1C[C@H]2C(=O)O[C@@H]1C=C2Br. The van der Waals surface area contributed by atoms with Gasteiger partial charge in [0.05, 0.1) is 18.9 Å². The molecule has 0 aromatic carbocycles. The molecule has 3 atom stereocenters. The van der Waals surface area contributed by atoms with Gasteiger partial charge in [-0.05, 0) is 12.5 Å². The Hall–Kier alpha value is -0.840. The number of hydrogen-bond donors (Lipinski definition) is 0. The van der Waals surface area contributed by atoms with Crippen LogP contribution in [0.15, 0.2) is 10.6 Å². The summed E-state index contributed by atoms with van der Waals surface area (Å²) >= 11 is 3.29. The van der Waals surface area contributed by atoms with Gasteiger partial charge in [-0.15, -0.1) is 0 Å². The molecule has 0 aromatic heterocycles. The number of halogens is 1. The Morgan fingerprint density at radius 1 is 1.71 bits per heavy atom.